The molecule has 1 aliphatic heterocycles. The summed E-state index contributed by atoms with van der Waals surface area (Å²) in [5.74, 6) is 0.907. The van der Waals surface area contributed by atoms with Gasteiger partial charge in [-0.1, -0.05) is 13.0 Å². The van der Waals surface area contributed by atoms with Crippen molar-refractivity contribution in [2.75, 3.05) is 13.1 Å². The highest BCUT2D eigenvalue weighted by molar-refractivity contribution is 9.10. The quantitative estimate of drug-likeness (QED) is 0.767. The highest BCUT2D eigenvalue weighted by Gasteiger charge is 2.15. The Hall–Kier alpha value is -0.410. The number of rotatable bonds is 2. The van der Waals surface area contributed by atoms with Crippen molar-refractivity contribution in [3.63, 3.8) is 0 Å². The van der Waals surface area contributed by atoms with Gasteiger partial charge < -0.3 is 0 Å². The normalized spacial score (nSPS) is 19.3. The topological polar surface area (TPSA) is 16.1 Å². The van der Waals surface area contributed by atoms with Gasteiger partial charge in [-0.15, -0.1) is 0 Å². The van der Waals surface area contributed by atoms with Crippen LogP contribution in [0.25, 0.3) is 0 Å². The van der Waals surface area contributed by atoms with Crippen molar-refractivity contribution in [2.24, 2.45) is 5.92 Å². The van der Waals surface area contributed by atoms with Crippen LogP contribution in [0.5, 0.6) is 0 Å². The molecule has 2 rings (SSSR count). The zero-order valence-corrected chi connectivity index (χ0v) is 10.7. The zero-order chi connectivity index (χ0) is 10.7. The third-order valence-corrected chi connectivity index (χ3v) is 3.54. The Labute approximate surface area is 99.8 Å². The van der Waals surface area contributed by atoms with Gasteiger partial charge in [0.05, 0.1) is 0 Å². The maximum absolute atomic E-state index is 4.25. The SMILES string of the molecule is CC1CCN(Cc2ccc(Br)nc2)CC1. The van der Waals surface area contributed by atoms with Crippen LogP contribution in [0.4, 0.5) is 0 Å². The van der Waals surface area contributed by atoms with Crippen molar-refractivity contribution in [3.05, 3.63) is 28.5 Å². The van der Waals surface area contributed by atoms with Crippen molar-refractivity contribution in [3.8, 4) is 0 Å². The number of likely N-dealkylation sites (tertiary alicyclic amines) is 1. The van der Waals surface area contributed by atoms with E-state index in [0.29, 0.717) is 0 Å². The number of hydrogen-bond donors (Lipinski definition) is 0. The smallest absolute Gasteiger partial charge is 0.106 e. The Morgan fingerprint density at radius 3 is 2.73 bits per heavy atom. The largest absolute Gasteiger partial charge is 0.299 e. The molecule has 0 unspecified atom stereocenters. The van der Waals surface area contributed by atoms with Crippen LogP contribution in [0.1, 0.15) is 25.3 Å². The molecule has 0 amide bonds. The molecule has 0 aromatic carbocycles. The third-order valence-electron chi connectivity index (χ3n) is 3.07. The molecule has 1 fully saturated rings. The number of nitrogens with zero attached hydrogens (tertiary/aromatic N) is 2. The Balaban J connectivity index is 1.89. The molecule has 0 bridgehead atoms. The van der Waals surface area contributed by atoms with Crippen LogP contribution in [-0.4, -0.2) is 23.0 Å². The number of hydrogen-bond acceptors (Lipinski definition) is 2. The molecule has 1 aromatic rings. The monoisotopic (exact) mass is 268 g/mol. The molecule has 1 saturated heterocycles. The van der Waals surface area contributed by atoms with Crippen molar-refractivity contribution >= 4 is 15.9 Å². The van der Waals surface area contributed by atoms with E-state index >= 15 is 0 Å². The fourth-order valence-corrected chi connectivity index (χ4v) is 2.21. The Kier molecular flexibility index (Phi) is 3.76. The lowest BCUT2D eigenvalue weighted by Gasteiger charge is -2.30. The highest BCUT2D eigenvalue weighted by Crippen LogP contribution is 2.18. The number of piperidine rings is 1. The van der Waals surface area contributed by atoms with Crippen molar-refractivity contribution in [1.29, 1.82) is 0 Å². The lowest BCUT2D eigenvalue weighted by molar-refractivity contribution is 0.185. The summed E-state index contributed by atoms with van der Waals surface area (Å²) >= 11 is 3.35. The first-order chi connectivity index (χ1) is 7.24. The summed E-state index contributed by atoms with van der Waals surface area (Å²) in [5, 5.41) is 0. The van der Waals surface area contributed by atoms with Gasteiger partial charge in [0, 0.05) is 12.7 Å². The van der Waals surface area contributed by atoms with Gasteiger partial charge in [0.1, 0.15) is 4.60 Å². The second-order valence-corrected chi connectivity index (χ2v) is 5.26. The van der Waals surface area contributed by atoms with Crippen LogP contribution >= 0.6 is 15.9 Å². The maximum Gasteiger partial charge on any atom is 0.106 e. The summed E-state index contributed by atoms with van der Waals surface area (Å²) < 4.78 is 0.915. The number of halogens is 1. The van der Waals surface area contributed by atoms with E-state index in [1.54, 1.807) is 0 Å². The van der Waals surface area contributed by atoms with Crippen molar-refractivity contribution in [1.82, 2.24) is 9.88 Å². The van der Waals surface area contributed by atoms with Crippen LogP contribution in [0.15, 0.2) is 22.9 Å². The minimum absolute atomic E-state index is 0.907. The summed E-state index contributed by atoms with van der Waals surface area (Å²) in [6.45, 7) is 5.86. The van der Waals surface area contributed by atoms with E-state index in [2.05, 4.69) is 38.8 Å². The van der Waals surface area contributed by atoms with E-state index in [1.165, 1.54) is 31.5 Å². The molecule has 0 N–H and O–H groups in total. The molecule has 2 nitrogen and oxygen atoms in total. The first-order valence-electron chi connectivity index (χ1n) is 5.57. The molecule has 2 heterocycles. The Bertz CT molecular complexity index is 302. The van der Waals surface area contributed by atoms with Gasteiger partial charge in [0.2, 0.25) is 0 Å². The predicted octanol–water partition coefficient (Wildman–Crippen LogP) is 3.08. The van der Waals surface area contributed by atoms with Crippen LogP contribution in [0.3, 0.4) is 0 Å². The molecule has 0 atom stereocenters. The predicted molar refractivity (Wildman–Crippen MR) is 65.6 cm³/mol. The summed E-state index contributed by atoms with van der Waals surface area (Å²) in [4.78, 5) is 6.77. The van der Waals surface area contributed by atoms with E-state index in [-0.39, 0.29) is 0 Å². The Morgan fingerprint density at radius 2 is 2.13 bits per heavy atom. The van der Waals surface area contributed by atoms with Crippen LogP contribution in [0, 0.1) is 5.92 Å². The molecule has 1 aromatic heterocycles. The minimum atomic E-state index is 0.907. The Morgan fingerprint density at radius 1 is 1.40 bits per heavy atom. The van der Waals surface area contributed by atoms with Gasteiger partial charge in [-0.3, -0.25) is 4.90 Å². The van der Waals surface area contributed by atoms with Gasteiger partial charge in [-0.2, -0.15) is 0 Å². The lowest BCUT2D eigenvalue weighted by Crippen LogP contribution is -2.32. The number of pyridine rings is 1. The summed E-state index contributed by atoms with van der Waals surface area (Å²) in [5.41, 5.74) is 1.31. The standard InChI is InChI=1S/C12H17BrN2/c1-10-4-6-15(7-5-10)9-11-2-3-12(13)14-8-11/h2-3,8,10H,4-7,9H2,1H3. The molecule has 15 heavy (non-hydrogen) atoms. The molecule has 3 heteroatoms. The fourth-order valence-electron chi connectivity index (χ4n) is 1.98. The molecule has 82 valence electrons. The van der Waals surface area contributed by atoms with Gasteiger partial charge >= 0.3 is 0 Å². The van der Waals surface area contributed by atoms with Crippen LogP contribution < -0.4 is 0 Å². The van der Waals surface area contributed by atoms with E-state index in [9.17, 15) is 0 Å². The van der Waals surface area contributed by atoms with E-state index in [4.69, 9.17) is 0 Å². The molecule has 0 spiro atoms. The maximum atomic E-state index is 4.25. The first kappa shape index (κ1) is 11.1. The second-order valence-electron chi connectivity index (χ2n) is 4.45. The van der Waals surface area contributed by atoms with E-state index in [0.717, 1.165) is 17.1 Å². The second kappa shape index (κ2) is 5.08. The molecule has 1 aliphatic rings. The highest BCUT2D eigenvalue weighted by atomic mass is 79.9. The van der Waals surface area contributed by atoms with Crippen LogP contribution in [0.2, 0.25) is 0 Å². The van der Waals surface area contributed by atoms with Gasteiger partial charge in [0.15, 0.2) is 0 Å². The third kappa shape index (κ3) is 3.28. The summed E-state index contributed by atoms with van der Waals surface area (Å²) in [6, 6.07) is 4.16. The first-order valence-corrected chi connectivity index (χ1v) is 6.36. The molecule has 0 aliphatic carbocycles. The van der Waals surface area contributed by atoms with Gasteiger partial charge in [-0.25, -0.2) is 4.98 Å². The zero-order valence-electron chi connectivity index (χ0n) is 9.12. The lowest BCUT2D eigenvalue weighted by atomic mass is 9.99. The average Bonchev–Trinajstić information content (AvgIpc) is 2.25. The van der Waals surface area contributed by atoms with Crippen LogP contribution in [-0.2, 0) is 6.54 Å². The van der Waals surface area contributed by atoms with Gasteiger partial charge in [-0.05, 0) is 59.4 Å². The van der Waals surface area contributed by atoms with Crippen molar-refractivity contribution in [2.45, 2.75) is 26.3 Å². The summed E-state index contributed by atoms with van der Waals surface area (Å²) in [7, 11) is 0. The molecule has 0 saturated carbocycles. The molecular formula is C12H17BrN2. The molecule has 0 radical (unpaired) electrons. The van der Waals surface area contributed by atoms with E-state index < -0.39 is 0 Å². The number of aromatic nitrogens is 1. The van der Waals surface area contributed by atoms with E-state index in [1.807, 2.05) is 12.3 Å². The van der Waals surface area contributed by atoms with Crippen molar-refractivity contribution < 1.29 is 0 Å². The summed E-state index contributed by atoms with van der Waals surface area (Å²) in [6.07, 6.45) is 4.63. The molecular weight excluding hydrogens is 252 g/mol. The fraction of sp³-hybridized carbons (Fsp3) is 0.583. The average molecular weight is 269 g/mol. The minimum Gasteiger partial charge on any atom is -0.299 e. The van der Waals surface area contributed by atoms with Gasteiger partial charge in [0.25, 0.3) is 0 Å².